The quantitative estimate of drug-likeness (QED) is 0.867. The van der Waals surface area contributed by atoms with Crippen LogP contribution >= 0.6 is 0 Å². The molecule has 0 unspecified atom stereocenters. The van der Waals surface area contributed by atoms with Crippen molar-refractivity contribution in [2.45, 2.75) is 0 Å². The van der Waals surface area contributed by atoms with Crippen molar-refractivity contribution in [1.82, 2.24) is 0 Å². The van der Waals surface area contributed by atoms with Crippen LogP contribution in [-0.4, -0.2) is 23.7 Å². The summed E-state index contributed by atoms with van der Waals surface area (Å²) < 4.78 is 10.4. The molecule has 0 atom stereocenters. The second-order valence-corrected chi connectivity index (χ2v) is 4.25. The Morgan fingerprint density at radius 3 is 2.40 bits per heavy atom. The maximum absolute atomic E-state index is 12.4. The highest BCUT2D eigenvalue weighted by atomic mass is 16.7. The summed E-state index contributed by atoms with van der Waals surface area (Å²) in [4.78, 5) is 23.6. The van der Waals surface area contributed by atoms with E-state index in [2.05, 4.69) is 0 Å². The van der Waals surface area contributed by atoms with Crippen LogP contribution in [0.1, 0.15) is 26.3 Å². The van der Waals surface area contributed by atoms with E-state index in [9.17, 15) is 9.59 Å². The zero-order chi connectivity index (χ0) is 14.1. The minimum atomic E-state index is -1.13. The first-order valence-corrected chi connectivity index (χ1v) is 5.93. The zero-order valence-electron chi connectivity index (χ0n) is 10.3. The number of rotatable bonds is 3. The monoisotopic (exact) mass is 270 g/mol. The number of hydrogen-bond donors (Lipinski definition) is 1. The van der Waals surface area contributed by atoms with Crippen molar-refractivity contribution in [3.63, 3.8) is 0 Å². The van der Waals surface area contributed by atoms with E-state index < -0.39 is 5.97 Å². The first-order valence-electron chi connectivity index (χ1n) is 5.93. The van der Waals surface area contributed by atoms with Gasteiger partial charge >= 0.3 is 5.97 Å². The molecule has 0 spiro atoms. The van der Waals surface area contributed by atoms with E-state index in [-0.39, 0.29) is 23.7 Å². The molecule has 0 aliphatic carbocycles. The van der Waals surface area contributed by atoms with Gasteiger partial charge in [0, 0.05) is 11.1 Å². The van der Waals surface area contributed by atoms with Gasteiger partial charge in [-0.15, -0.1) is 0 Å². The highest BCUT2D eigenvalue weighted by Crippen LogP contribution is 2.33. The van der Waals surface area contributed by atoms with Crippen LogP contribution in [0, 0.1) is 0 Å². The normalized spacial score (nSPS) is 12.2. The molecule has 0 amide bonds. The maximum atomic E-state index is 12.4. The fraction of sp³-hybridized carbons (Fsp3) is 0.0667. The number of ketones is 1. The maximum Gasteiger partial charge on any atom is 0.336 e. The number of hydrogen-bond acceptors (Lipinski definition) is 4. The van der Waals surface area contributed by atoms with Gasteiger partial charge in [0.05, 0.1) is 5.56 Å². The molecular weight excluding hydrogens is 260 g/mol. The van der Waals surface area contributed by atoms with Gasteiger partial charge in [0.2, 0.25) is 6.79 Å². The van der Waals surface area contributed by atoms with Crippen LogP contribution in [0.5, 0.6) is 11.5 Å². The molecule has 3 rings (SSSR count). The van der Waals surface area contributed by atoms with Gasteiger partial charge in [-0.3, -0.25) is 4.79 Å². The summed E-state index contributed by atoms with van der Waals surface area (Å²) >= 11 is 0. The average Bonchev–Trinajstić information content (AvgIpc) is 2.93. The second kappa shape index (κ2) is 4.70. The van der Waals surface area contributed by atoms with Gasteiger partial charge in [0.1, 0.15) is 0 Å². The molecule has 2 aromatic carbocycles. The fourth-order valence-electron chi connectivity index (χ4n) is 2.06. The van der Waals surface area contributed by atoms with Crippen molar-refractivity contribution in [1.29, 1.82) is 0 Å². The Labute approximate surface area is 114 Å². The van der Waals surface area contributed by atoms with Crippen LogP contribution in [0.2, 0.25) is 0 Å². The molecule has 0 saturated carbocycles. The Kier molecular flexibility index (Phi) is 2.87. The number of aromatic carboxylic acids is 1. The summed E-state index contributed by atoms with van der Waals surface area (Å²) in [6, 6.07) is 10.9. The SMILES string of the molecule is O=C(O)c1ccccc1C(=O)c1ccc2c(c1)OCO2. The smallest absolute Gasteiger partial charge is 0.336 e. The van der Waals surface area contributed by atoms with E-state index in [0.717, 1.165) is 0 Å². The number of benzene rings is 2. The molecule has 20 heavy (non-hydrogen) atoms. The molecule has 1 heterocycles. The first kappa shape index (κ1) is 12.2. The highest BCUT2D eigenvalue weighted by Gasteiger charge is 2.20. The summed E-state index contributed by atoms with van der Waals surface area (Å²) in [5, 5.41) is 9.12. The van der Waals surface area contributed by atoms with E-state index in [4.69, 9.17) is 14.6 Å². The lowest BCUT2D eigenvalue weighted by Crippen LogP contribution is -2.09. The van der Waals surface area contributed by atoms with Crippen LogP contribution in [0.3, 0.4) is 0 Å². The minimum Gasteiger partial charge on any atom is -0.478 e. The van der Waals surface area contributed by atoms with E-state index in [0.29, 0.717) is 17.1 Å². The Morgan fingerprint density at radius 2 is 1.65 bits per heavy atom. The summed E-state index contributed by atoms with van der Waals surface area (Å²) in [6.07, 6.45) is 0. The third-order valence-corrected chi connectivity index (χ3v) is 3.04. The predicted octanol–water partition coefficient (Wildman–Crippen LogP) is 2.34. The van der Waals surface area contributed by atoms with Crippen molar-refractivity contribution in [3.8, 4) is 11.5 Å². The van der Waals surface area contributed by atoms with Crippen molar-refractivity contribution >= 4 is 11.8 Å². The topological polar surface area (TPSA) is 72.8 Å². The van der Waals surface area contributed by atoms with Gasteiger partial charge in [-0.25, -0.2) is 4.79 Å². The number of carbonyl (C=O) groups is 2. The van der Waals surface area contributed by atoms with Crippen LogP contribution < -0.4 is 9.47 Å². The van der Waals surface area contributed by atoms with E-state index in [1.165, 1.54) is 12.1 Å². The van der Waals surface area contributed by atoms with Crippen molar-refractivity contribution in [2.75, 3.05) is 6.79 Å². The van der Waals surface area contributed by atoms with Crippen LogP contribution in [0.15, 0.2) is 42.5 Å². The van der Waals surface area contributed by atoms with Gasteiger partial charge in [0.25, 0.3) is 0 Å². The summed E-state index contributed by atoms with van der Waals surface area (Å²) in [5.41, 5.74) is 0.497. The fourth-order valence-corrected chi connectivity index (χ4v) is 2.06. The average molecular weight is 270 g/mol. The lowest BCUT2D eigenvalue weighted by atomic mass is 9.98. The van der Waals surface area contributed by atoms with Crippen molar-refractivity contribution in [2.24, 2.45) is 0 Å². The molecule has 1 N–H and O–H groups in total. The van der Waals surface area contributed by atoms with Gasteiger partial charge in [-0.1, -0.05) is 18.2 Å². The Balaban J connectivity index is 2.03. The van der Waals surface area contributed by atoms with Crippen molar-refractivity contribution in [3.05, 3.63) is 59.2 Å². The number of ether oxygens (including phenoxy) is 2. The van der Waals surface area contributed by atoms with Gasteiger partial charge < -0.3 is 14.6 Å². The molecular formula is C15H10O5. The van der Waals surface area contributed by atoms with Gasteiger partial charge in [-0.2, -0.15) is 0 Å². The molecule has 0 bridgehead atoms. The van der Waals surface area contributed by atoms with Gasteiger partial charge in [-0.05, 0) is 24.3 Å². The van der Waals surface area contributed by atoms with Crippen LogP contribution in [-0.2, 0) is 0 Å². The number of carboxylic acid groups (broad SMARTS) is 1. The lowest BCUT2D eigenvalue weighted by Gasteiger charge is -2.06. The summed E-state index contributed by atoms with van der Waals surface area (Å²) in [7, 11) is 0. The number of carbonyl (C=O) groups excluding carboxylic acids is 1. The standard InChI is InChI=1S/C15H10O5/c16-14(10-3-1-2-4-11(10)15(17)18)9-5-6-12-13(7-9)20-8-19-12/h1-7H,8H2,(H,17,18). The Hall–Kier alpha value is -2.82. The Morgan fingerprint density at radius 1 is 0.950 bits per heavy atom. The van der Waals surface area contributed by atoms with E-state index >= 15 is 0 Å². The molecule has 5 nitrogen and oxygen atoms in total. The van der Waals surface area contributed by atoms with Crippen LogP contribution in [0.4, 0.5) is 0 Å². The van der Waals surface area contributed by atoms with E-state index in [1.807, 2.05) is 0 Å². The first-order chi connectivity index (χ1) is 9.66. The molecule has 1 aliphatic heterocycles. The molecule has 0 saturated heterocycles. The second-order valence-electron chi connectivity index (χ2n) is 4.25. The molecule has 5 heteroatoms. The predicted molar refractivity (Wildman–Crippen MR) is 69.4 cm³/mol. The van der Waals surface area contributed by atoms with Crippen LogP contribution in [0.25, 0.3) is 0 Å². The third-order valence-electron chi connectivity index (χ3n) is 3.04. The molecule has 100 valence electrons. The number of carboxylic acids is 1. The summed E-state index contributed by atoms with van der Waals surface area (Å²) in [6.45, 7) is 0.124. The molecule has 0 aromatic heterocycles. The van der Waals surface area contributed by atoms with E-state index in [1.54, 1.807) is 30.3 Å². The molecule has 2 aromatic rings. The summed E-state index contributed by atoms with van der Waals surface area (Å²) in [5.74, 6) is -0.423. The van der Waals surface area contributed by atoms with Gasteiger partial charge in [0.15, 0.2) is 17.3 Å². The number of fused-ring (bicyclic) bond motifs is 1. The minimum absolute atomic E-state index is 0.0184. The largest absolute Gasteiger partial charge is 0.478 e. The zero-order valence-corrected chi connectivity index (χ0v) is 10.3. The lowest BCUT2D eigenvalue weighted by molar-refractivity contribution is 0.0693. The molecule has 1 aliphatic rings. The third kappa shape index (κ3) is 1.99. The highest BCUT2D eigenvalue weighted by molar-refractivity contribution is 6.14. The molecule has 0 radical (unpaired) electrons. The van der Waals surface area contributed by atoms with Crippen molar-refractivity contribution < 1.29 is 24.2 Å². The molecule has 0 fully saturated rings. The Bertz CT molecular complexity index is 705.